The number of rotatable bonds is 9. The molecule has 0 aliphatic carbocycles. The molecule has 3 aromatic heterocycles. The molecule has 0 saturated heterocycles. The third-order valence-corrected chi connectivity index (χ3v) is 23.3. The highest BCUT2D eigenvalue weighted by molar-refractivity contribution is 7.00. The van der Waals surface area contributed by atoms with Crippen LogP contribution in [-0.2, 0) is 16.2 Å². The lowest BCUT2D eigenvalue weighted by Gasteiger charge is -2.46. The van der Waals surface area contributed by atoms with Gasteiger partial charge in [-0.3, -0.25) is 0 Å². The predicted molar refractivity (Wildman–Crippen MR) is 461 cm³/mol. The molecule has 108 heavy (non-hydrogen) atoms. The molecule has 2 aliphatic heterocycles. The molecule has 0 fully saturated rings. The molecule has 6 heteroatoms. The SMILES string of the molecule is CC(C)(C)c1cc2c3c(c1)N(c1c(-c4ccccc4)cccc1-c1ccccc1)c1cc(-n4c5ccccc5c5ccc6c(c7ccccc7n6-c6ccccc6)c54)ccc1B3c1ccc(-n3c4ccc(C(C)(C)C)cc4c4cc(C(C)(C)C)ccc43)cc1N2c1c(-c2ccccc2)cccc1-c1ccccc1. The first-order valence-corrected chi connectivity index (χ1v) is 38.2. The Hall–Kier alpha value is -12.6. The summed E-state index contributed by atoms with van der Waals surface area (Å²) in [5, 5.41) is 7.38. The largest absolute Gasteiger partial charge is 0.310 e. The lowest BCUT2D eigenvalue weighted by atomic mass is 9.33. The fourth-order valence-electron chi connectivity index (χ4n) is 18.0. The van der Waals surface area contributed by atoms with Gasteiger partial charge in [0, 0.05) is 94.4 Å². The summed E-state index contributed by atoms with van der Waals surface area (Å²) in [5.41, 5.74) is 33.4. The summed E-state index contributed by atoms with van der Waals surface area (Å²) in [6.45, 7) is 20.9. The summed E-state index contributed by atoms with van der Waals surface area (Å²) < 4.78 is 7.61. The quantitative estimate of drug-likeness (QED) is 0.134. The molecule has 0 atom stereocenters. The highest BCUT2D eigenvalue weighted by Gasteiger charge is 2.46. The zero-order chi connectivity index (χ0) is 73.1. The maximum absolute atomic E-state index is 2.72. The highest BCUT2D eigenvalue weighted by atomic mass is 15.2. The number of anilines is 6. The van der Waals surface area contributed by atoms with E-state index in [1.807, 2.05) is 0 Å². The second kappa shape index (κ2) is 24.5. The molecule has 18 aromatic rings. The Kier molecular flexibility index (Phi) is 14.7. The van der Waals surface area contributed by atoms with Gasteiger partial charge in [0.05, 0.1) is 44.5 Å². The van der Waals surface area contributed by atoms with Crippen LogP contribution in [-0.4, -0.2) is 20.4 Å². The molecule has 0 bridgehead atoms. The Balaban J connectivity index is 0.949. The molecule has 0 radical (unpaired) electrons. The van der Waals surface area contributed by atoms with E-state index in [4.69, 9.17) is 0 Å². The second-order valence-corrected chi connectivity index (χ2v) is 32.8. The van der Waals surface area contributed by atoms with Gasteiger partial charge < -0.3 is 23.5 Å². The number of hydrogen-bond acceptors (Lipinski definition) is 2. The summed E-state index contributed by atoms with van der Waals surface area (Å²) in [6.07, 6.45) is 0. The molecule has 0 spiro atoms. The van der Waals surface area contributed by atoms with Gasteiger partial charge in [0.15, 0.2) is 0 Å². The Morgan fingerprint density at radius 3 is 1.06 bits per heavy atom. The van der Waals surface area contributed by atoms with Crippen LogP contribution < -0.4 is 26.2 Å². The van der Waals surface area contributed by atoms with Crippen molar-refractivity contribution < 1.29 is 0 Å². The highest BCUT2D eigenvalue weighted by Crippen LogP contribution is 2.55. The van der Waals surface area contributed by atoms with Crippen molar-refractivity contribution >= 4 is 123 Å². The topological polar surface area (TPSA) is 21.3 Å². The summed E-state index contributed by atoms with van der Waals surface area (Å²) in [7, 11) is 0. The average Bonchev–Trinajstić information content (AvgIpc) is 0.765. The zero-order valence-corrected chi connectivity index (χ0v) is 62.6. The molecule has 20 rings (SSSR count). The fourth-order valence-corrected chi connectivity index (χ4v) is 18.0. The molecule has 0 unspecified atom stereocenters. The van der Waals surface area contributed by atoms with Gasteiger partial charge in [0.1, 0.15) is 0 Å². The molecule has 5 nitrogen and oxygen atoms in total. The normalized spacial score (nSPS) is 13.0. The van der Waals surface area contributed by atoms with Gasteiger partial charge >= 0.3 is 0 Å². The van der Waals surface area contributed by atoms with Crippen molar-refractivity contribution in [3.63, 3.8) is 0 Å². The number of nitrogens with zero attached hydrogens (tertiary/aromatic N) is 5. The maximum atomic E-state index is 2.72. The van der Waals surface area contributed by atoms with Crippen molar-refractivity contribution in [1.29, 1.82) is 0 Å². The van der Waals surface area contributed by atoms with Crippen LogP contribution in [0.1, 0.15) is 79.0 Å². The molecule has 0 amide bonds. The van der Waals surface area contributed by atoms with E-state index >= 15 is 0 Å². The van der Waals surface area contributed by atoms with Crippen LogP contribution in [0.25, 0.3) is 127 Å². The molecule has 5 heterocycles. The number of benzene rings is 15. The number of para-hydroxylation sites is 5. The molecule has 2 aliphatic rings. The molecule has 518 valence electrons. The van der Waals surface area contributed by atoms with Gasteiger partial charge in [-0.25, -0.2) is 0 Å². The van der Waals surface area contributed by atoms with E-state index in [0.717, 1.165) is 107 Å². The molecule has 15 aromatic carbocycles. The van der Waals surface area contributed by atoms with Crippen molar-refractivity contribution in [1.82, 2.24) is 13.7 Å². The standard InChI is InChI=1S/C102H82BN5/c1-100(2,3)69-49-56-88-82(59-69)83-60-70(101(4,5)6)50-57-89(83)105(88)73-51-54-84-91(63-73)107(97-75(65-31-15-10-16-32-65)43-29-44-76(97)66-33-17-11-18-34-66)93-61-71(102(7,8)9)62-94-96(93)103(84)85-55-52-74(64-92(85)108(94)98-77(67-35-19-12-20-36-67)45-30-46-78(98)68-37-21-13-22-38-68)106-86-47-27-25-41-79(86)80-53-58-90-95(99(80)106)81-42-26-28-48-87(81)104(90)72-39-23-14-24-40-72/h10-64H,1-9H3. The van der Waals surface area contributed by atoms with Crippen molar-refractivity contribution in [3.8, 4) is 61.6 Å². The first-order chi connectivity index (χ1) is 52.5. The van der Waals surface area contributed by atoms with E-state index in [9.17, 15) is 0 Å². The van der Waals surface area contributed by atoms with Crippen LogP contribution in [0.2, 0.25) is 0 Å². The van der Waals surface area contributed by atoms with Crippen LogP contribution in [0.15, 0.2) is 334 Å². The van der Waals surface area contributed by atoms with Crippen LogP contribution in [0.4, 0.5) is 34.1 Å². The van der Waals surface area contributed by atoms with Gasteiger partial charge in [-0.15, -0.1) is 0 Å². The van der Waals surface area contributed by atoms with E-state index in [1.165, 1.54) is 87.5 Å². The van der Waals surface area contributed by atoms with Gasteiger partial charge in [-0.1, -0.05) is 305 Å². The number of fused-ring (bicyclic) bond motifs is 14. The van der Waals surface area contributed by atoms with Gasteiger partial charge in [0.2, 0.25) is 0 Å². The number of aromatic nitrogens is 3. The molecule has 0 N–H and O–H groups in total. The molecule has 0 saturated carbocycles. The number of hydrogen-bond donors (Lipinski definition) is 0. The van der Waals surface area contributed by atoms with E-state index in [-0.39, 0.29) is 23.0 Å². The molecular formula is C102H82BN5. The second-order valence-electron chi connectivity index (χ2n) is 32.8. The van der Waals surface area contributed by atoms with Crippen LogP contribution in [0.5, 0.6) is 0 Å². The van der Waals surface area contributed by atoms with Gasteiger partial charge in [-0.05, 0) is 163 Å². The Morgan fingerprint density at radius 1 is 0.241 bits per heavy atom. The summed E-state index contributed by atoms with van der Waals surface area (Å²) in [4.78, 5) is 5.43. The van der Waals surface area contributed by atoms with E-state index < -0.39 is 0 Å². The maximum Gasteiger partial charge on any atom is 0.252 e. The van der Waals surface area contributed by atoms with Crippen molar-refractivity contribution in [2.24, 2.45) is 0 Å². The lowest BCUT2D eigenvalue weighted by molar-refractivity contribution is 0.590. The minimum Gasteiger partial charge on any atom is -0.310 e. The molecular weight excluding hydrogens is 1310 g/mol. The van der Waals surface area contributed by atoms with Crippen molar-refractivity contribution in [2.45, 2.75) is 78.6 Å². The Bertz CT molecular complexity index is 6470. The third kappa shape index (κ3) is 10.1. The fraction of sp³-hybridized carbons (Fsp3) is 0.118. The minimum atomic E-state index is -0.334. The first-order valence-electron chi connectivity index (χ1n) is 38.2. The monoisotopic (exact) mass is 1390 g/mol. The average molecular weight is 1390 g/mol. The van der Waals surface area contributed by atoms with Crippen LogP contribution in [0.3, 0.4) is 0 Å². The van der Waals surface area contributed by atoms with Crippen LogP contribution in [0, 0.1) is 0 Å². The third-order valence-electron chi connectivity index (χ3n) is 23.3. The lowest BCUT2D eigenvalue weighted by Crippen LogP contribution is -2.61. The van der Waals surface area contributed by atoms with Crippen LogP contribution >= 0.6 is 0 Å². The minimum absolute atomic E-state index is 0.0586. The van der Waals surface area contributed by atoms with E-state index in [1.54, 1.807) is 0 Å². The first kappa shape index (κ1) is 64.9. The van der Waals surface area contributed by atoms with E-state index in [0.29, 0.717) is 0 Å². The van der Waals surface area contributed by atoms with Gasteiger partial charge in [0.25, 0.3) is 6.71 Å². The summed E-state index contributed by atoms with van der Waals surface area (Å²) >= 11 is 0. The van der Waals surface area contributed by atoms with Crippen molar-refractivity contribution in [2.75, 3.05) is 9.80 Å². The Labute approximate surface area is 632 Å². The van der Waals surface area contributed by atoms with Crippen molar-refractivity contribution in [3.05, 3.63) is 350 Å². The smallest absolute Gasteiger partial charge is 0.252 e. The van der Waals surface area contributed by atoms with E-state index in [2.05, 4.69) is 419 Å². The summed E-state index contributed by atoms with van der Waals surface area (Å²) in [5.74, 6) is 0. The van der Waals surface area contributed by atoms with Gasteiger partial charge in [-0.2, -0.15) is 0 Å². The summed E-state index contributed by atoms with van der Waals surface area (Å²) in [6, 6.07) is 127. The predicted octanol–water partition coefficient (Wildman–Crippen LogP) is 25.6. The zero-order valence-electron chi connectivity index (χ0n) is 62.6. The Morgan fingerprint density at radius 2 is 0.611 bits per heavy atom.